The zero-order valence-electron chi connectivity index (χ0n) is 9.22. The molecule has 0 bridgehead atoms. The predicted molar refractivity (Wildman–Crippen MR) is 47.3 cm³/mol. The molecule has 0 saturated heterocycles. The van der Waals surface area contributed by atoms with Gasteiger partial charge >= 0.3 is 29.4 Å². The lowest BCUT2D eigenvalue weighted by atomic mass is 10.00. The van der Waals surface area contributed by atoms with Gasteiger partial charge < -0.3 is 4.74 Å². The third-order valence-corrected chi connectivity index (χ3v) is 2.17. The van der Waals surface area contributed by atoms with Crippen molar-refractivity contribution in [2.75, 3.05) is 6.61 Å². The van der Waals surface area contributed by atoms with Gasteiger partial charge in [0.1, 0.15) is 0 Å². The molecule has 20 heavy (non-hydrogen) atoms. The maximum atomic E-state index is 12.8. The predicted octanol–water partition coefficient (Wildman–Crippen LogP) is 4.61. The minimum absolute atomic E-state index is 0.939. The van der Waals surface area contributed by atoms with Crippen LogP contribution in [0.25, 0.3) is 0 Å². The van der Waals surface area contributed by atoms with E-state index in [9.17, 15) is 44.3 Å². The first kappa shape index (κ1) is 19.1. The summed E-state index contributed by atoms with van der Waals surface area (Å²) in [5.41, 5.74) is -1.47. The fourth-order valence-electron chi connectivity index (χ4n) is 1.01. The molecule has 0 spiro atoms. The number of carbonyl (C=O) groups is 1. The third-order valence-electron chi connectivity index (χ3n) is 2.06. The molecule has 0 N–H and O–H groups in total. The van der Waals surface area contributed by atoms with E-state index in [1.807, 2.05) is 0 Å². The largest absolute Gasteiger partial charge is 0.460 e. The quantitative estimate of drug-likeness (QED) is 0.401. The van der Waals surface area contributed by atoms with Gasteiger partial charge in [-0.05, 0) is 6.42 Å². The molecule has 0 amide bonds. The van der Waals surface area contributed by atoms with Gasteiger partial charge in [0.2, 0.25) is 0 Å². The Morgan fingerprint density at radius 1 is 0.900 bits per heavy atom. The molecule has 0 aromatic heterocycles. The van der Waals surface area contributed by atoms with Gasteiger partial charge in [0.05, 0.1) is 6.61 Å². The van der Waals surface area contributed by atoms with Gasteiger partial charge in [-0.1, -0.05) is 0 Å². The Bertz CT molecular complexity index is 352. The van der Waals surface area contributed by atoms with Gasteiger partial charge in [0.15, 0.2) is 0 Å². The number of halogens is 10. The minimum Gasteiger partial charge on any atom is -0.454 e. The highest BCUT2D eigenvalue weighted by Gasteiger charge is 2.81. The highest BCUT2D eigenvalue weighted by atomic mass is 35.5. The van der Waals surface area contributed by atoms with E-state index in [2.05, 4.69) is 16.3 Å². The molecule has 0 unspecified atom stereocenters. The number of carbonyl (C=O) groups excluding carboxylic acids is 1. The second-order valence-corrected chi connectivity index (χ2v) is 3.85. The van der Waals surface area contributed by atoms with E-state index in [0.29, 0.717) is 0 Å². The fourth-order valence-corrected chi connectivity index (χ4v) is 1.09. The van der Waals surface area contributed by atoms with Crippen LogP contribution in [-0.4, -0.2) is 36.0 Å². The molecule has 0 aliphatic heterocycles. The van der Waals surface area contributed by atoms with Crippen molar-refractivity contribution in [2.45, 2.75) is 36.8 Å². The maximum Gasteiger partial charge on any atom is 0.460 e. The SMILES string of the molecule is O=C(Cl)OCCCC(F)(F)C(F)(F)C(F)(F)C(F)(F)F. The average molecular weight is 341 g/mol. The summed E-state index contributed by atoms with van der Waals surface area (Å²) in [7, 11) is 0. The molecule has 120 valence electrons. The molecule has 0 aliphatic carbocycles. The van der Waals surface area contributed by atoms with E-state index in [1.165, 1.54) is 0 Å². The van der Waals surface area contributed by atoms with Crippen LogP contribution in [0.5, 0.6) is 0 Å². The van der Waals surface area contributed by atoms with Gasteiger partial charge in [-0.2, -0.15) is 39.5 Å². The fraction of sp³-hybridized carbons (Fsp3) is 0.875. The summed E-state index contributed by atoms with van der Waals surface area (Å²) in [4.78, 5) is 9.99. The molecule has 0 aromatic carbocycles. The highest BCUT2D eigenvalue weighted by Crippen LogP contribution is 2.54. The van der Waals surface area contributed by atoms with Crippen LogP contribution in [0.15, 0.2) is 0 Å². The number of alkyl halides is 9. The molecular formula is C8H6ClF9O2. The molecular weight excluding hydrogens is 335 g/mol. The first-order chi connectivity index (χ1) is 8.67. The Morgan fingerprint density at radius 3 is 1.70 bits per heavy atom. The van der Waals surface area contributed by atoms with Crippen molar-refractivity contribution in [1.82, 2.24) is 0 Å². The van der Waals surface area contributed by atoms with Gasteiger partial charge in [-0.25, -0.2) is 4.79 Å². The number of rotatable bonds is 6. The van der Waals surface area contributed by atoms with Crippen LogP contribution in [0.4, 0.5) is 44.3 Å². The van der Waals surface area contributed by atoms with Crippen LogP contribution in [0.1, 0.15) is 12.8 Å². The summed E-state index contributed by atoms with van der Waals surface area (Å²) in [5, 5.41) is 0. The zero-order chi connectivity index (χ0) is 16.4. The monoisotopic (exact) mass is 340 g/mol. The Morgan fingerprint density at radius 2 is 1.35 bits per heavy atom. The van der Waals surface area contributed by atoms with Crippen molar-refractivity contribution < 1.29 is 49.0 Å². The number of hydrogen-bond acceptors (Lipinski definition) is 2. The highest BCUT2D eigenvalue weighted by molar-refractivity contribution is 6.61. The second-order valence-electron chi connectivity index (χ2n) is 3.54. The van der Waals surface area contributed by atoms with Crippen LogP contribution in [0, 0.1) is 0 Å². The van der Waals surface area contributed by atoms with Crippen molar-refractivity contribution in [3.8, 4) is 0 Å². The van der Waals surface area contributed by atoms with Crippen LogP contribution >= 0.6 is 11.6 Å². The summed E-state index contributed by atoms with van der Waals surface area (Å²) < 4.78 is 115. The van der Waals surface area contributed by atoms with Crippen molar-refractivity contribution in [3.63, 3.8) is 0 Å². The van der Waals surface area contributed by atoms with E-state index in [4.69, 9.17) is 0 Å². The first-order valence-electron chi connectivity index (χ1n) is 4.69. The van der Waals surface area contributed by atoms with Crippen LogP contribution in [0.2, 0.25) is 0 Å². The summed E-state index contributed by atoms with van der Waals surface area (Å²) in [6.45, 7) is -0.939. The summed E-state index contributed by atoms with van der Waals surface area (Å²) in [6.07, 6.45) is -9.99. The topological polar surface area (TPSA) is 26.3 Å². The van der Waals surface area contributed by atoms with E-state index in [1.54, 1.807) is 0 Å². The van der Waals surface area contributed by atoms with Crippen LogP contribution in [0.3, 0.4) is 0 Å². The molecule has 0 heterocycles. The third kappa shape index (κ3) is 3.83. The maximum absolute atomic E-state index is 12.8. The van der Waals surface area contributed by atoms with Crippen molar-refractivity contribution in [2.24, 2.45) is 0 Å². The number of hydrogen-bond donors (Lipinski definition) is 0. The minimum atomic E-state index is -6.91. The number of ether oxygens (including phenoxy) is 1. The lowest BCUT2D eigenvalue weighted by Gasteiger charge is -2.33. The lowest BCUT2D eigenvalue weighted by molar-refractivity contribution is -0.396. The second kappa shape index (κ2) is 5.86. The molecule has 12 heteroatoms. The average Bonchev–Trinajstić information content (AvgIpc) is 2.22. The van der Waals surface area contributed by atoms with Crippen molar-refractivity contribution >= 4 is 17.0 Å². The Balaban J connectivity index is 4.93. The molecule has 0 radical (unpaired) electrons. The Hall–Kier alpha value is -0.870. The van der Waals surface area contributed by atoms with E-state index in [0.717, 1.165) is 0 Å². The normalized spacial score (nSPS) is 14.3. The molecule has 2 nitrogen and oxygen atoms in total. The van der Waals surface area contributed by atoms with Crippen LogP contribution in [-0.2, 0) is 4.74 Å². The molecule has 0 rings (SSSR count). The van der Waals surface area contributed by atoms with E-state index < -0.39 is 48.8 Å². The Kier molecular flexibility index (Phi) is 5.61. The van der Waals surface area contributed by atoms with Crippen LogP contribution < -0.4 is 0 Å². The molecule has 0 fully saturated rings. The molecule has 0 atom stereocenters. The summed E-state index contributed by atoms with van der Waals surface area (Å²) in [6, 6.07) is 0. The van der Waals surface area contributed by atoms with Gasteiger partial charge in [-0.15, -0.1) is 0 Å². The summed E-state index contributed by atoms with van der Waals surface area (Å²) in [5.74, 6) is -19.2. The van der Waals surface area contributed by atoms with Gasteiger partial charge in [0, 0.05) is 18.0 Å². The molecule has 0 aliphatic rings. The molecule has 0 saturated carbocycles. The zero-order valence-corrected chi connectivity index (χ0v) is 9.97. The van der Waals surface area contributed by atoms with E-state index in [-0.39, 0.29) is 0 Å². The lowest BCUT2D eigenvalue weighted by Crippen LogP contribution is -2.60. The molecule has 0 aromatic rings. The van der Waals surface area contributed by atoms with Crippen molar-refractivity contribution in [1.29, 1.82) is 0 Å². The summed E-state index contributed by atoms with van der Waals surface area (Å²) >= 11 is 4.58. The van der Waals surface area contributed by atoms with Gasteiger partial charge in [-0.3, -0.25) is 0 Å². The van der Waals surface area contributed by atoms with E-state index >= 15 is 0 Å². The Labute approximate surface area is 110 Å². The first-order valence-corrected chi connectivity index (χ1v) is 5.07. The van der Waals surface area contributed by atoms with Crippen molar-refractivity contribution in [3.05, 3.63) is 0 Å². The smallest absolute Gasteiger partial charge is 0.454 e. The van der Waals surface area contributed by atoms with Gasteiger partial charge in [0.25, 0.3) is 0 Å². The standard InChI is InChI=1S/C8H6ClF9O2/c9-4(19)20-3-1-2-5(10,11)6(12,13)7(14,15)8(16,17)18/h1-3H2.